The zero-order valence-corrected chi connectivity index (χ0v) is 19.4. The van der Waals surface area contributed by atoms with Crippen molar-refractivity contribution in [3.63, 3.8) is 0 Å². The van der Waals surface area contributed by atoms with Crippen molar-refractivity contribution in [2.24, 2.45) is 0 Å². The Bertz CT molecular complexity index is 1170. The number of hydrogen-bond acceptors (Lipinski definition) is 8. The molecule has 0 atom stereocenters. The average molecular weight is 474 g/mol. The Morgan fingerprint density at radius 2 is 1.97 bits per heavy atom. The summed E-state index contributed by atoms with van der Waals surface area (Å²) in [5.41, 5.74) is 0.577. The lowest BCUT2D eigenvalue weighted by molar-refractivity contribution is -0.121. The van der Waals surface area contributed by atoms with E-state index in [9.17, 15) is 14.4 Å². The van der Waals surface area contributed by atoms with Gasteiger partial charge in [0.25, 0.3) is 11.5 Å². The van der Waals surface area contributed by atoms with Crippen molar-refractivity contribution in [3.05, 3.63) is 45.2 Å². The van der Waals surface area contributed by atoms with Crippen LogP contribution in [0.2, 0.25) is 0 Å². The number of piperazine rings is 1. The van der Waals surface area contributed by atoms with E-state index in [1.54, 1.807) is 36.2 Å². The first kappa shape index (κ1) is 22.3. The Labute approximate surface area is 194 Å². The van der Waals surface area contributed by atoms with Crippen LogP contribution in [-0.2, 0) is 9.53 Å². The van der Waals surface area contributed by atoms with Crippen LogP contribution in [0.15, 0.2) is 34.1 Å². The zero-order chi connectivity index (χ0) is 22.8. The minimum Gasteiger partial charge on any atom is -0.450 e. The number of fused-ring (bicyclic) bond motifs is 1. The molecule has 0 aliphatic carbocycles. The molecule has 11 heteroatoms. The summed E-state index contributed by atoms with van der Waals surface area (Å²) < 4.78 is 7.02. The number of hydrogen-bond donors (Lipinski definition) is 0. The molecule has 4 rings (SSSR count). The second-order valence-electron chi connectivity index (χ2n) is 7.18. The van der Waals surface area contributed by atoms with E-state index in [0.717, 1.165) is 0 Å². The minimum absolute atomic E-state index is 0.210. The van der Waals surface area contributed by atoms with Gasteiger partial charge >= 0.3 is 6.09 Å². The zero-order valence-electron chi connectivity index (χ0n) is 17.8. The first-order chi connectivity index (χ1) is 15.4. The van der Waals surface area contributed by atoms with E-state index in [1.807, 2.05) is 17.9 Å². The van der Waals surface area contributed by atoms with Gasteiger partial charge in [-0.2, -0.15) is 0 Å². The summed E-state index contributed by atoms with van der Waals surface area (Å²) in [6.45, 7) is 6.30. The number of nitrogens with zero attached hydrogens (tertiary/aromatic N) is 5. The number of rotatable bonds is 4. The number of carbonyl (C=O) groups is 2. The summed E-state index contributed by atoms with van der Waals surface area (Å²) >= 11 is 6.49. The van der Waals surface area contributed by atoms with E-state index in [0.29, 0.717) is 65.6 Å². The summed E-state index contributed by atoms with van der Waals surface area (Å²) in [6.07, 6.45) is 2.90. The summed E-state index contributed by atoms with van der Waals surface area (Å²) in [7, 11) is 0. The highest BCUT2D eigenvalue weighted by Gasteiger charge is 2.32. The Morgan fingerprint density at radius 1 is 1.22 bits per heavy atom. The lowest BCUT2D eigenvalue weighted by Gasteiger charge is -2.35. The van der Waals surface area contributed by atoms with Gasteiger partial charge in [-0.1, -0.05) is 30.0 Å². The average Bonchev–Trinajstić information content (AvgIpc) is 3.07. The molecular formula is C21H23N5O4S2. The number of aromatic nitrogens is 2. The number of carbonyl (C=O) groups excluding carboxylic acids is 2. The maximum atomic E-state index is 13.4. The van der Waals surface area contributed by atoms with Gasteiger partial charge in [0.15, 0.2) is 0 Å². The van der Waals surface area contributed by atoms with Crippen LogP contribution < -0.4 is 10.5 Å². The van der Waals surface area contributed by atoms with E-state index in [-0.39, 0.29) is 17.6 Å². The molecule has 2 amide bonds. The fourth-order valence-corrected chi connectivity index (χ4v) is 5.04. The molecule has 0 N–H and O–H groups in total. The van der Waals surface area contributed by atoms with Crippen LogP contribution in [-0.4, -0.2) is 74.8 Å². The molecule has 4 heterocycles. The van der Waals surface area contributed by atoms with E-state index < -0.39 is 0 Å². The predicted octanol–water partition coefficient (Wildman–Crippen LogP) is 2.19. The number of thioether (sulfide) groups is 1. The van der Waals surface area contributed by atoms with Crippen molar-refractivity contribution >= 4 is 57.8 Å². The lowest BCUT2D eigenvalue weighted by atomic mass is 10.2. The van der Waals surface area contributed by atoms with Crippen molar-refractivity contribution in [2.45, 2.75) is 13.8 Å². The highest BCUT2D eigenvalue weighted by molar-refractivity contribution is 8.26. The van der Waals surface area contributed by atoms with E-state index in [2.05, 4.69) is 0 Å². The van der Waals surface area contributed by atoms with Crippen LogP contribution in [0.4, 0.5) is 10.6 Å². The molecule has 168 valence electrons. The van der Waals surface area contributed by atoms with Gasteiger partial charge in [0.1, 0.15) is 15.8 Å². The van der Waals surface area contributed by atoms with Crippen molar-refractivity contribution < 1.29 is 14.3 Å². The van der Waals surface area contributed by atoms with Gasteiger partial charge in [-0.25, -0.2) is 9.78 Å². The molecule has 2 fully saturated rings. The van der Waals surface area contributed by atoms with Gasteiger partial charge in [-0.05, 0) is 32.1 Å². The third kappa shape index (κ3) is 4.09. The molecule has 0 aromatic carbocycles. The van der Waals surface area contributed by atoms with Crippen LogP contribution >= 0.6 is 24.0 Å². The van der Waals surface area contributed by atoms with Crippen molar-refractivity contribution in [1.29, 1.82) is 0 Å². The summed E-state index contributed by atoms with van der Waals surface area (Å²) in [4.78, 5) is 48.4. The van der Waals surface area contributed by atoms with E-state index in [4.69, 9.17) is 21.9 Å². The lowest BCUT2D eigenvalue weighted by Crippen LogP contribution is -2.49. The van der Waals surface area contributed by atoms with Gasteiger partial charge < -0.3 is 14.5 Å². The maximum Gasteiger partial charge on any atom is 0.409 e. The topological polar surface area (TPSA) is 87.5 Å². The number of thiocarbonyl (C=S) groups is 1. The summed E-state index contributed by atoms with van der Waals surface area (Å²) in [6, 6.07) is 5.34. The fourth-order valence-electron chi connectivity index (χ4n) is 3.68. The van der Waals surface area contributed by atoms with Crippen molar-refractivity contribution in [3.8, 4) is 0 Å². The molecule has 0 unspecified atom stereocenters. The molecule has 9 nitrogen and oxygen atoms in total. The molecule has 2 aromatic heterocycles. The van der Waals surface area contributed by atoms with Gasteiger partial charge in [0, 0.05) is 38.9 Å². The number of amides is 2. The number of ether oxygens (including phenoxy) is 1. The monoisotopic (exact) mass is 473 g/mol. The van der Waals surface area contributed by atoms with Crippen molar-refractivity contribution in [1.82, 2.24) is 19.2 Å². The molecule has 0 saturated carbocycles. The van der Waals surface area contributed by atoms with Crippen LogP contribution in [0.25, 0.3) is 11.7 Å². The molecule has 2 aliphatic rings. The van der Waals surface area contributed by atoms with Gasteiger partial charge in [-0.3, -0.25) is 18.9 Å². The van der Waals surface area contributed by atoms with Crippen LogP contribution in [0.5, 0.6) is 0 Å². The highest BCUT2D eigenvalue weighted by Crippen LogP contribution is 2.33. The Hall–Kier alpha value is -2.92. The van der Waals surface area contributed by atoms with E-state index >= 15 is 0 Å². The number of anilines is 1. The predicted molar refractivity (Wildman–Crippen MR) is 128 cm³/mol. The largest absolute Gasteiger partial charge is 0.450 e. The van der Waals surface area contributed by atoms with Gasteiger partial charge in [-0.15, -0.1) is 0 Å². The summed E-state index contributed by atoms with van der Waals surface area (Å²) in [5, 5.41) is 0. The van der Waals surface area contributed by atoms with Gasteiger partial charge in [0.05, 0.1) is 17.1 Å². The van der Waals surface area contributed by atoms with Crippen LogP contribution in [0, 0.1) is 0 Å². The van der Waals surface area contributed by atoms with Crippen LogP contribution in [0.3, 0.4) is 0 Å². The Kier molecular flexibility index (Phi) is 6.47. The molecule has 0 radical (unpaired) electrons. The first-order valence-corrected chi connectivity index (χ1v) is 11.6. The number of pyridine rings is 1. The third-order valence-corrected chi connectivity index (χ3v) is 6.70. The highest BCUT2D eigenvalue weighted by atomic mass is 32.2. The smallest absolute Gasteiger partial charge is 0.409 e. The normalized spacial score (nSPS) is 18.2. The number of likely N-dealkylation sites (N-methyl/N-ethyl adjacent to an activating group) is 1. The second-order valence-corrected chi connectivity index (χ2v) is 8.86. The van der Waals surface area contributed by atoms with Crippen LogP contribution in [0.1, 0.15) is 19.4 Å². The molecular weight excluding hydrogens is 450 g/mol. The Morgan fingerprint density at radius 3 is 2.62 bits per heavy atom. The molecule has 32 heavy (non-hydrogen) atoms. The second kappa shape index (κ2) is 9.29. The molecule has 2 aliphatic heterocycles. The first-order valence-electron chi connectivity index (χ1n) is 10.4. The molecule has 0 bridgehead atoms. The standard InChI is InChI=1S/C21H23N5O4S2/c1-3-25-19(28)15(32-21(25)31)13-14-17(22-16-7-5-6-8-26(16)18(14)27)23-9-11-24(12-10-23)20(29)30-4-2/h5-8,13H,3-4,9-12H2,1-2H3/b15-13+. The maximum absolute atomic E-state index is 13.4. The quantitative estimate of drug-likeness (QED) is 0.493. The fraction of sp³-hybridized carbons (Fsp3) is 0.381. The SMILES string of the molecule is CCOC(=O)N1CCN(c2nc3ccccn3c(=O)c2/C=C2/SC(=S)N(CC)C2=O)CC1. The minimum atomic E-state index is -0.345. The van der Waals surface area contributed by atoms with Gasteiger partial charge in [0.2, 0.25) is 0 Å². The summed E-state index contributed by atoms with van der Waals surface area (Å²) in [5.74, 6) is 0.282. The third-order valence-electron chi connectivity index (χ3n) is 5.32. The molecule has 0 spiro atoms. The van der Waals surface area contributed by atoms with Crippen molar-refractivity contribution in [2.75, 3.05) is 44.2 Å². The van der Waals surface area contributed by atoms with E-state index in [1.165, 1.54) is 21.1 Å². The molecule has 2 aromatic rings. The molecule has 2 saturated heterocycles. The Balaban J connectivity index is 1.74.